The molecule has 0 radical (unpaired) electrons. The Labute approximate surface area is 193 Å². The maximum absolute atomic E-state index is 12.6. The minimum Gasteiger partial charge on any atom is -0.478 e. The molecule has 2 aromatic carbocycles. The fourth-order valence-corrected chi connectivity index (χ4v) is 5.44. The monoisotopic (exact) mass is 472 g/mol. The SMILES string of the molecule is CC/C=C/C1=NC=C(CSc2ccc(NS(=O)c3ccc(C)c(C(=O)O)c3)cc2)SC1. The van der Waals surface area contributed by atoms with E-state index in [0.717, 1.165) is 28.5 Å². The van der Waals surface area contributed by atoms with Crippen molar-refractivity contribution >= 4 is 51.9 Å². The minimum atomic E-state index is -1.54. The summed E-state index contributed by atoms with van der Waals surface area (Å²) < 4.78 is 15.5. The summed E-state index contributed by atoms with van der Waals surface area (Å²) in [5.41, 5.74) is 2.61. The van der Waals surface area contributed by atoms with Gasteiger partial charge >= 0.3 is 5.97 Å². The van der Waals surface area contributed by atoms with Gasteiger partial charge in [0.2, 0.25) is 0 Å². The van der Waals surface area contributed by atoms with Crippen molar-refractivity contribution in [2.45, 2.75) is 30.1 Å². The number of thioether (sulfide) groups is 2. The van der Waals surface area contributed by atoms with Gasteiger partial charge in [0.1, 0.15) is 11.0 Å². The predicted molar refractivity (Wildman–Crippen MR) is 133 cm³/mol. The summed E-state index contributed by atoms with van der Waals surface area (Å²) in [5, 5.41) is 9.25. The molecule has 0 aromatic heterocycles. The van der Waals surface area contributed by atoms with Crippen LogP contribution in [0.2, 0.25) is 0 Å². The Morgan fingerprint density at radius 2 is 2.06 bits per heavy atom. The molecule has 1 unspecified atom stereocenters. The van der Waals surface area contributed by atoms with Crippen LogP contribution in [-0.2, 0) is 11.0 Å². The fraction of sp³-hybridized carbons (Fsp3) is 0.217. The summed E-state index contributed by atoms with van der Waals surface area (Å²) >= 11 is 3.55. The highest BCUT2D eigenvalue weighted by Gasteiger charge is 2.12. The normalized spacial score (nSPS) is 14.8. The van der Waals surface area contributed by atoms with Crippen molar-refractivity contribution < 1.29 is 14.1 Å². The number of aryl methyl sites for hydroxylation is 1. The first-order chi connectivity index (χ1) is 15.0. The third-order valence-corrected chi connectivity index (χ3v) is 7.83. The number of aliphatic imine (C=N–C) groups is 1. The van der Waals surface area contributed by atoms with Gasteiger partial charge in [0.05, 0.1) is 16.2 Å². The molecule has 0 fully saturated rings. The van der Waals surface area contributed by atoms with Gasteiger partial charge in [-0.2, -0.15) is 0 Å². The van der Waals surface area contributed by atoms with E-state index in [1.807, 2.05) is 42.2 Å². The highest BCUT2D eigenvalue weighted by Crippen LogP contribution is 2.29. The molecule has 0 amide bonds. The molecule has 5 nitrogen and oxygen atoms in total. The Morgan fingerprint density at radius 3 is 2.71 bits per heavy atom. The first kappa shape index (κ1) is 23.4. The Balaban J connectivity index is 1.56. The summed E-state index contributed by atoms with van der Waals surface area (Å²) in [6.07, 6.45) is 7.17. The Hall–Kier alpha value is -2.29. The number of hydrogen-bond donors (Lipinski definition) is 2. The molecule has 8 heteroatoms. The van der Waals surface area contributed by atoms with Crippen molar-refractivity contribution in [2.24, 2.45) is 4.99 Å². The van der Waals surface area contributed by atoms with Gasteiger partial charge in [-0.1, -0.05) is 19.1 Å². The van der Waals surface area contributed by atoms with Crippen molar-refractivity contribution in [1.29, 1.82) is 0 Å². The van der Waals surface area contributed by atoms with E-state index in [4.69, 9.17) is 0 Å². The second-order valence-corrected chi connectivity index (χ2v) is 10.1. The number of hydrogen-bond acceptors (Lipinski definition) is 5. The summed E-state index contributed by atoms with van der Waals surface area (Å²) in [6.45, 7) is 3.83. The van der Waals surface area contributed by atoms with Crippen LogP contribution in [0.1, 0.15) is 29.3 Å². The largest absolute Gasteiger partial charge is 0.478 e. The predicted octanol–water partition coefficient (Wildman–Crippen LogP) is 5.92. The van der Waals surface area contributed by atoms with Gasteiger partial charge in [0.15, 0.2) is 0 Å². The number of allylic oxidation sites excluding steroid dienone is 2. The van der Waals surface area contributed by atoms with Crippen molar-refractivity contribution in [1.82, 2.24) is 0 Å². The quantitative estimate of drug-likeness (QED) is 0.443. The maximum atomic E-state index is 12.6. The molecule has 2 N–H and O–H groups in total. The number of nitrogens with zero attached hydrogens (tertiary/aromatic N) is 1. The first-order valence-corrected chi connectivity index (χ1v) is 12.9. The lowest BCUT2D eigenvalue weighted by molar-refractivity contribution is 0.0696. The lowest BCUT2D eigenvalue weighted by atomic mass is 10.1. The molecule has 0 saturated carbocycles. The smallest absolute Gasteiger partial charge is 0.335 e. The topological polar surface area (TPSA) is 78.8 Å². The molecule has 1 heterocycles. The minimum absolute atomic E-state index is 0.159. The number of anilines is 1. The fourth-order valence-electron chi connectivity index (χ4n) is 2.71. The van der Waals surface area contributed by atoms with Crippen LogP contribution in [0.4, 0.5) is 5.69 Å². The molecular weight excluding hydrogens is 448 g/mol. The van der Waals surface area contributed by atoms with Crippen LogP contribution < -0.4 is 4.72 Å². The van der Waals surface area contributed by atoms with Gasteiger partial charge in [-0.25, -0.2) is 9.00 Å². The van der Waals surface area contributed by atoms with Crippen LogP contribution in [-0.4, -0.2) is 32.5 Å². The van der Waals surface area contributed by atoms with E-state index in [1.54, 1.807) is 30.8 Å². The molecule has 1 aliphatic heterocycles. The van der Waals surface area contributed by atoms with E-state index < -0.39 is 17.0 Å². The van der Waals surface area contributed by atoms with E-state index in [1.165, 1.54) is 11.0 Å². The summed E-state index contributed by atoms with van der Waals surface area (Å²) in [6, 6.07) is 12.5. The first-order valence-electron chi connectivity index (χ1n) is 9.76. The second-order valence-electron chi connectivity index (χ2n) is 6.78. The van der Waals surface area contributed by atoms with Crippen molar-refractivity contribution in [3.8, 4) is 0 Å². The van der Waals surface area contributed by atoms with E-state index >= 15 is 0 Å². The number of carbonyl (C=O) groups is 1. The second kappa shape index (κ2) is 11.4. The summed E-state index contributed by atoms with van der Waals surface area (Å²) in [7, 11) is -1.54. The zero-order valence-electron chi connectivity index (χ0n) is 17.3. The number of carboxylic acids is 1. The van der Waals surface area contributed by atoms with Gasteiger partial charge < -0.3 is 9.83 Å². The highest BCUT2D eigenvalue weighted by atomic mass is 32.2. The van der Waals surface area contributed by atoms with Crippen LogP contribution in [0.25, 0.3) is 0 Å². The van der Waals surface area contributed by atoms with Gasteiger partial charge in [-0.3, -0.25) is 4.99 Å². The van der Waals surface area contributed by atoms with Crippen molar-refractivity contribution in [2.75, 3.05) is 16.2 Å². The molecule has 1 aliphatic rings. The molecule has 0 spiro atoms. The van der Waals surface area contributed by atoms with Gasteiger partial charge in [0, 0.05) is 33.2 Å². The Morgan fingerprint density at radius 1 is 1.29 bits per heavy atom. The average molecular weight is 473 g/mol. The van der Waals surface area contributed by atoms with E-state index in [2.05, 4.69) is 28.8 Å². The summed E-state index contributed by atoms with van der Waals surface area (Å²) in [5.74, 6) is 0.738. The molecule has 0 aliphatic carbocycles. The van der Waals surface area contributed by atoms with Crippen LogP contribution in [0.3, 0.4) is 0 Å². The number of carboxylic acid groups (broad SMARTS) is 1. The van der Waals surface area contributed by atoms with Gasteiger partial charge in [0.25, 0.3) is 0 Å². The third-order valence-electron chi connectivity index (χ3n) is 4.43. The van der Waals surface area contributed by atoms with Crippen LogP contribution in [0, 0.1) is 6.92 Å². The zero-order chi connectivity index (χ0) is 22.2. The molecule has 0 bridgehead atoms. The lowest BCUT2D eigenvalue weighted by Crippen LogP contribution is -2.07. The van der Waals surface area contributed by atoms with E-state index in [9.17, 15) is 14.1 Å². The molecule has 0 saturated heterocycles. The Kier molecular flexibility index (Phi) is 8.57. The number of rotatable bonds is 9. The molecular formula is C23H24N2O3S3. The lowest BCUT2D eigenvalue weighted by Gasteiger charge is -2.11. The number of nitrogens with one attached hydrogen (secondary N) is 1. The van der Waals surface area contributed by atoms with Crippen LogP contribution >= 0.6 is 23.5 Å². The van der Waals surface area contributed by atoms with Crippen LogP contribution in [0.5, 0.6) is 0 Å². The molecule has 2 aromatic rings. The molecule has 31 heavy (non-hydrogen) atoms. The van der Waals surface area contributed by atoms with Crippen molar-refractivity contribution in [3.63, 3.8) is 0 Å². The van der Waals surface area contributed by atoms with Gasteiger partial charge in [-0.15, -0.1) is 23.5 Å². The molecule has 3 rings (SSSR count). The molecule has 1 atom stereocenters. The van der Waals surface area contributed by atoms with E-state index in [-0.39, 0.29) is 5.56 Å². The third kappa shape index (κ3) is 6.85. The van der Waals surface area contributed by atoms with Crippen LogP contribution in [0.15, 0.2) is 80.5 Å². The zero-order valence-corrected chi connectivity index (χ0v) is 19.8. The Bertz CT molecular complexity index is 1060. The summed E-state index contributed by atoms with van der Waals surface area (Å²) in [4.78, 5) is 18.6. The highest BCUT2D eigenvalue weighted by molar-refractivity contribution is 8.06. The van der Waals surface area contributed by atoms with E-state index in [0.29, 0.717) is 16.1 Å². The maximum Gasteiger partial charge on any atom is 0.335 e. The standard InChI is InChI=1S/C23H24N2O3S3/c1-3-4-5-18-14-29-20(13-24-18)15-30-19-9-7-17(8-10-19)25-31(28)21-11-6-16(2)22(12-21)23(26)27/h4-13,25H,3,14-15H2,1-2H3,(H,26,27)/b5-4+. The molecule has 162 valence electrons. The average Bonchev–Trinajstić information content (AvgIpc) is 2.78. The number of benzene rings is 2. The number of aromatic carboxylic acids is 1. The van der Waals surface area contributed by atoms with Gasteiger partial charge in [-0.05, 0) is 61.4 Å². The van der Waals surface area contributed by atoms with Crippen molar-refractivity contribution in [3.05, 3.63) is 76.8 Å².